The van der Waals surface area contributed by atoms with Crippen molar-refractivity contribution in [2.75, 3.05) is 19.6 Å². The molecule has 2 aliphatic rings. The monoisotopic (exact) mass is 384 g/mol. The molecule has 5 nitrogen and oxygen atoms in total. The van der Waals surface area contributed by atoms with Crippen LogP contribution in [0.2, 0.25) is 18.1 Å². The number of amides is 1. The highest BCUT2D eigenvalue weighted by atomic mass is 28.4. The molecule has 2 saturated heterocycles. The Hall–Kier alpha value is -0.593. The van der Waals surface area contributed by atoms with Crippen molar-refractivity contribution in [2.24, 2.45) is 5.92 Å². The number of piperidine rings is 1. The van der Waals surface area contributed by atoms with Crippen LogP contribution in [0.3, 0.4) is 0 Å². The second-order valence-electron chi connectivity index (χ2n) is 10.5. The lowest BCUT2D eigenvalue weighted by atomic mass is 9.88. The number of carbonyl (C=O) groups is 1. The summed E-state index contributed by atoms with van der Waals surface area (Å²) in [4.78, 5) is 14.8. The third-order valence-electron chi connectivity index (χ3n) is 6.13. The average molecular weight is 385 g/mol. The smallest absolute Gasteiger partial charge is 0.410 e. The summed E-state index contributed by atoms with van der Waals surface area (Å²) in [6.45, 7) is 19.9. The van der Waals surface area contributed by atoms with Gasteiger partial charge in [0.15, 0.2) is 8.32 Å². The minimum atomic E-state index is -1.85. The van der Waals surface area contributed by atoms with Crippen LogP contribution in [0.15, 0.2) is 0 Å². The van der Waals surface area contributed by atoms with Crippen LogP contribution in [0.4, 0.5) is 4.79 Å². The molecule has 0 aromatic rings. The van der Waals surface area contributed by atoms with Crippen molar-refractivity contribution in [1.82, 2.24) is 10.2 Å². The molecule has 0 radical (unpaired) electrons. The largest absolute Gasteiger partial charge is 0.444 e. The molecule has 6 heteroatoms. The van der Waals surface area contributed by atoms with Gasteiger partial charge in [-0.3, -0.25) is 0 Å². The fourth-order valence-electron chi connectivity index (χ4n) is 3.71. The first-order valence-electron chi connectivity index (χ1n) is 10.2. The molecule has 26 heavy (non-hydrogen) atoms. The van der Waals surface area contributed by atoms with Crippen molar-refractivity contribution >= 4 is 14.4 Å². The first kappa shape index (κ1) is 21.7. The molecule has 0 bridgehead atoms. The van der Waals surface area contributed by atoms with Gasteiger partial charge in [0.2, 0.25) is 0 Å². The third kappa shape index (κ3) is 5.46. The molecule has 2 fully saturated rings. The van der Waals surface area contributed by atoms with Crippen molar-refractivity contribution in [3.63, 3.8) is 0 Å². The zero-order chi connectivity index (χ0) is 19.8. The summed E-state index contributed by atoms with van der Waals surface area (Å²) in [5.41, 5.74) is -0.464. The number of hydrogen-bond donors (Lipinski definition) is 1. The van der Waals surface area contributed by atoms with Crippen LogP contribution < -0.4 is 5.32 Å². The summed E-state index contributed by atoms with van der Waals surface area (Å²) in [5.74, 6) is 0.539. The van der Waals surface area contributed by atoms with Crippen molar-refractivity contribution in [2.45, 2.75) is 96.7 Å². The van der Waals surface area contributed by atoms with Crippen LogP contribution in [0.5, 0.6) is 0 Å². The Kier molecular flexibility index (Phi) is 6.51. The maximum atomic E-state index is 12.9. The van der Waals surface area contributed by atoms with E-state index in [0.29, 0.717) is 12.5 Å². The van der Waals surface area contributed by atoms with Gasteiger partial charge >= 0.3 is 6.09 Å². The van der Waals surface area contributed by atoms with E-state index >= 15 is 0 Å². The van der Waals surface area contributed by atoms with E-state index in [1.807, 2.05) is 25.7 Å². The van der Waals surface area contributed by atoms with E-state index in [1.165, 1.54) is 0 Å². The normalized spacial score (nSPS) is 26.2. The summed E-state index contributed by atoms with van der Waals surface area (Å²) >= 11 is 0. The van der Waals surface area contributed by atoms with E-state index in [2.05, 4.69) is 39.2 Å². The Bertz CT molecular complexity index is 490. The predicted molar refractivity (Wildman–Crippen MR) is 109 cm³/mol. The van der Waals surface area contributed by atoms with Crippen LogP contribution >= 0.6 is 0 Å². The van der Waals surface area contributed by atoms with Gasteiger partial charge in [-0.05, 0) is 77.2 Å². The number of hydrogen-bond acceptors (Lipinski definition) is 4. The molecule has 0 aliphatic carbocycles. The van der Waals surface area contributed by atoms with Gasteiger partial charge in [-0.25, -0.2) is 4.79 Å². The summed E-state index contributed by atoms with van der Waals surface area (Å²) in [6, 6.07) is 0.238. The number of nitrogens with zero attached hydrogens (tertiary/aromatic N) is 1. The summed E-state index contributed by atoms with van der Waals surface area (Å²) in [5, 5.41) is 3.61. The van der Waals surface area contributed by atoms with Crippen LogP contribution in [-0.2, 0) is 9.16 Å². The number of likely N-dealkylation sites (tertiary alicyclic amines) is 1. The van der Waals surface area contributed by atoms with E-state index in [4.69, 9.17) is 9.16 Å². The topological polar surface area (TPSA) is 50.8 Å². The van der Waals surface area contributed by atoms with E-state index in [9.17, 15) is 4.79 Å². The number of rotatable bonds is 3. The zero-order valence-corrected chi connectivity index (χ0v) is 19.1. The Morgan fingerprint density at radius 2 is 1.65 bits per heavy atom. The number of nitrogens with one attached hydrogen (secondary N) is 1. The molecular formula is C20H40N2O3Si. The first-order valence-corrected chi connectivity index (χ1v) is 13.1. The maximum Gasteiger partial charge on any atom is 0.410 e. The molecule has 0 spiro atoms. The van der Waals surface area contributed by atoms with Gasteiger partial charge < -0.3 is 19.4 Å². The summed E-state index contributed by atoms with van der Waals surface area (Å²) < 4.78 is 12.4. The molecule has 0 aromatic carbocycles. The summed E-state index contributed by atoms with van der Waals surface area (Å²) in [6.07, 6.45) is 3.13. The molecule has 0 aromatic heterocycles. The highest BCUT2D eigenvalue weighted by Crippen LogP contribution is 2.40. The lowest BCUT2D eigenvalue weighted by molar-refractivity contribution is 0.0150. The molecule has 2 atom stereocenters. The molecule has 1 N–H and O–H groups in total. The van der Waals surface area contributed by atoms with Crippen LogP contribution in [0.25, 0.3) is 0 Å². The molecule has 152 valence electrons. The molecular weight excluding hydrogens is 344 g/mol. The van der Waals surface area contributed by atoms with Gasteiger partial charge in [-0.1, -0.05) is 20.8 Å². The van der Waals surface area contributed by atoms with Crippen molar-refractivity contribution in [3.8, 4) is 0 Å². The average Bonchev–Trinajstić information content (AvgIpc) is 2.88. The van der Waals surface area contributed by atoms with Gasteiger partial charge in [-0.15, -0.1) is 0 Å². The van der Waals surface area contributed by atoms with Gasteiger partial charge in [-0.2, -0.15) is 0 Å². The van der Waals surface area contributed by atoms with E-state index in [1.54, 1.807) is 0 Å². The Balaban J connectivity index is 2.13. The zero-order valence-electron chi connectivity index (χ0n) is 18.1. The second-order valence-corrected chi connectivity index (χ2v) is 15.3. The van der Waals surface area contributed by atoms with Gasteiger partial charge in [0.05, 0.1) is 6.10 Å². The molecule has 2 rings (SSSR count). The quantitative estimate of drug-likeness (QED) is 0.733. The lowest BCUT2D eigenvalue weighted by Crippen LogP contribution is -2.46. The maximum absolute atomic E-state index is 12.9. The minimum absolute atomic E-state index is 0.128. The van der Waals surface area contributed by atoms with Crippen molar-refractivity contribution in [1.29, 1.82) is 0 Å². The van der Waals surface area contributed by atoms with Crippen molar-refractivity contribution in [3.05, 3.63) is 0 Å². The van der Waals surface area contributed by atoms with E-state index in [0.717, 1.165) is 32.4 Å². The Labute approximate surface area is 161 Å². The minimum Gasteiger partial charge on any atom is -0.444 e. The van der Waals surface area contributed by atoms with Crippen LogP contribution in [0.1, 0.15) is 60.8 Å². The molecule has 0 unspecified atom stereocenters. The predicted octanol–water partition coefficient (Wildman–Crippen LogP) is 4.39. The van der Waals surface area contributed by atoms with Crippen LogP contribution in [0, 0.1) is 5.92 Å². The standard InChI is InChI=1S/C20H40N2O3Si/c1-19(2,3)24-18(23)22-14-16(25-26(7,8)20(4,5)6)13-17(22)15-9-11-21-12-10-15/h15-17,21H,9-14H2,1-8H3/t16-,17+/m1/s1. The fraction of sp³-hybridized carbons (Fsp3) is 0.950. The van der Waals surface area contributed by atoms with Gasteiger partial charge in [0.25, 0.3) is 0 Å². The Morgan fingerprint density at radius 3 is 2.15 bits per heavy atom. The molecule has 2 aliphatic heterocycles. The highest BCUT2D eigenvalue weighted by molar-refractivity contribution is 6.74. The number of carbonyl (C=O) groups excluding carboxylic acids is 1. The van der Waals surface area contributed by atoms with Gasteiger partial charge in [0, 0.05) is 12.6 Å². The van der Waals surface area contributed by atoms with E-state index < -0.39 is 13.9 Å². The first-order chi connectivity index (χ1) is 11.8. The lowest BCUT2D eigenvalue weighted by Gasteiger charge is -2.38. The molecule has 1 amide bonds. The second kappa shape index (κ2) is 7.80. The van der Waals surface area contributed by atoms with E-state index in [-0.39, 0.29) is 23.3 Å². The van der Waals surface area contributed by atoms with Gasteiger partial charge in [0.1, 0.15) is 5.60 Å². The molecule has 0 saturated carbocycles. The Morgan fingerprint density at radius 1 is 1.08 bits per heavy atom. The SMILES string of the molecule is CC(C)(C)OC(=O)N1C[C@H](O[Si](C)(C)C(C)(C)C)C[C@H]1C1CCNCC1. The number of ether oxygens (including phenoxy) is 1. The third-order valence-corrected chi connectivity index (χ3v) is 10.7. The highest BCUT2D eigenvalue weighted by Gasteiger charge is 2.46. The summed E-state index contributed by atoms with van der Waals surface area (Å²) in [7, 11) is -1.85. The van der Waals surface area contributed by atoms with Crippen molar-refractivity contribution < 1.29 is 14.0 Å². The fourth-order valence-corrected chi connectivity index (χ4v) is 5.07. The molecule has 2 heterocycles. The van der Waals surface area contributed by atoms with Crippen LogP contribution in [-0.4, -0.2) is 56.7 Å².